The molecular formula is C11H11N3O2. The lowest BCUT2D eigenvalue weighted by Crippen LogP contribution is -2.26. The van der Waals surface area contributed by atoms with Crippen LogP contribution in [0.15, 0.2) is 35.4 Å². The van der Waals surface area contributed by atoms with Crippen LogP contribution in [0.4, 0.5) is 5.69 Å². The van der Waals surface area contributed by atoms with Gasteiger partial charge in [-0.25, -0.2) is 0 Å². The third-order valence-corrected chi connectivity index (χ3v) is 2.34. The molecule has 5 nitrogen and oxygen atoms in total. The van der Waals surface area contributed by atoms with Gasteiger partial charge in [-0.15, -0.1) is 0 Å². The Morgan fingerprint density at radius 1 is 1.25 bits per heavy atom. The van der Waals surface area contributed by atoms with E-state index in [2.05, 4.69) is 10.5 Å². The lowest BCUT2D eigenvalue weighted by atomic mass is 10.3. The highest BCUT2D eigenvalue weighted by Gasteiger charge is 2.32. The molecule has 0 saturated carbocycles. The number of carbonyl (C=O) groups is 2. The minimum atomic E-state index is -0.339. The summed E-state index contributed by atoms with van der Waals surface area (Å²) in [6.45, 7) is 0. The van der Waals surface area contributed by atoms with Crippen molar-refractivity contribution < 1.29 is 9.59 Å². The quantitative estimate of drug-likeness (QED) is 0.590. The van der Waals surface area contributed by atoms with Gasteiger partial charge in [0.1, 0.15) is 5.71 Å². The van der Waals surface area contributed by atoms with Crippen LogP contribution in [0.1, 0.15) is 6.42 Å². The van der Waals surface area contributed by atoms with Gasteiger partial charge in [0.15, 0.2) is 0 Å². The highest BCUT2D eigenvalue weighted by molar-refractivity contribution is 6.48. The lowest BCUT2D eigenvalue weighted by molar-refractivity contribution is -0.135. The van der Waals surface area contributed by atoms with Crippen molar-refractivity contribution in [3.05, 3.63) is 30.3 Å². The van der Waals surface area contributed by atoms with Crippen LogP contribution in [0.3, 0.4) is 0 Å². The summed E-state index contributed by atoms with van der Waals surface area (Å²) >= 11 is 0. The molecule has 0 spiro atoms. The van der Waals surface area contributed by atoms with E-state index in [1.165, 1.54) is 7.05 Å². The van der Waals surface area contributed by atoms with E-state index < -0.39 is 0 Å². The van der Waals surface area contributed by atoms with Gasteiger partial charge in [-0.05, 0) is 12.1 Å². The number of likely N-dealkylation sites (tertiary alicyclic amines) is 1. The smallest absolute Gasteiger partial charge is 0.276 e. The van der Waals surface area contributed by atoms with E-state index in [9.17, 15) is 9.59 Å². The van der Waals surface area contributed by atoms with Crippen molar-refractivity contribution in [1.29, 1.82) is 0 Å². The number of nitrogens with one attached hydrogen (secondary N) is 1. The number of imide groups is 1. The third kappa shape index (κ3) is 1.93. The number of carbonyl (C=O) groups excluding carboxylic acids is 2. The Hall–Kier alpha value is -2.17. The SMILES string of the molecule is CN1C(=O)C/C(=N\Nc2ccccc2)C1=O. The van der Waals surface area contributed by atoms with Crippen LogP contribution >= 0.6 is 0 Å². The molecule has 1 aromatic rings. The molecule has 5 heteroatoms. The number of hydrazone groups is 1. The summed E-state index contributed by atoms with van der Waals surface area (Å²) < 4.78 is 0. The molecule has 2 amide bonds. The van der Waals surface area contributed by atoms with Gasteiger partial charge in [0.05, 0.1) is 12.1 Å². The molecular weight excluding hydrogens is 206 g/mol. The third-order valence-electron chi connectivity index (χ3n) is 2.34. The fourth-order valence-electron chi connectivity index (χ4n) is 1.38. The zero-order valence-corrected chi connectivity index (χ0v) is 8.80. The Labute approximate surface area is 92.7 Å². The maximum atomic E-state index is 11.5. The molecule has 1 heterocycles. The van der Waals surface area contributed by atoms with Gasteiger partial charge in [-0.1, -0.05) is 18.2 Å². The van der Waals surface area contributed by atoms with Crippen LogP contribution in [0, 0.1) is 0 Å². The second-order valence-electron chi connectivity index (χ2n) is 3.47. The van der Waals surface area contributed by atoms with Crippen LogP contribution in [-0.4, -0.2) is 29.5 Å². The number of amides is 2. The predicted octanol–water partition coefficient (Wildman–Crippen LogP) is 0.843. The first-order chi connectivity index (χ1) is 7.68. The Bertz CT molecular complexity index is 454. The molecule has 1 fully saturated rings. The van der Waals surface area contributed by atoms with Gasteiger partial charge in [-0.2, -0.15) is 5.10 Å². The highest BCUT2D eigenvalue weighted by atomic mass is 16.2. The average Bonchev–Trinajstić information content (AvgIpc) is 2.56. The first-order valence-corrected chi connectivity index (χ1v) is 4.87. The number of anilines is 1. The van der Waals surface area contributed by atoms with E-state index in [4.69, 9.17) is 0 Å². The topological polar surface area (TPSA) is 61.8 Å². The molecule has 1 N–H and O–H groups in total. The number of rotatable bonds is 2. The molecule has 0 atom stereocenters. The summed E-state index contributed by atoms with van der Waals surface area (Å²) in [5, 5.41) is 3.93. The Kier molecular flexibility index (Phi) is 2.68. The average molecular weight is 217 g/mol. The number of para-hydroxylation sites is 1. The lowest BCUT2D eigenvalue weighted by Gasteiger charge is -2.02. The first kappa shape index (κ1) is 10.4. The predicted molar refractivity (Wildman–Crippen MR) is 59.9 cm³/mol. The van der Waals surface area contributed by atoms with E-state index in [0.29, 0.717) is 0 Å². The number of hydrogen-bond donors (Lipinski definition) is 1. The van der Waals surface area contributed by atoms with Crippen LogP contribution in [0.5, 0.6) is 0 Å². The molecule has 1 aromatic carbocycles. The zero-order chi connectivity index (χ0) is 11.5. The van der Waals surface area contributed by atoms with E-state index in [-0.39, 0.29) is 23.9 Å². The normalized spacial score (nSPS) is 18.3. The molecule has 1 saturated heterocycles. The summed E-state index contributed by atoms with van der Waals surface area (Å²) in [4.78, 5) is 23.7. The number of nitrogens with zero attached hydrogens (tertiary/aromatic N) is 2. The van der Waals surface area contributed by atoms with Crippen molar-refractivity contribution in [3.63, 3.8) is 0 Å². The standard InChI is InChI=1S/C11H11N3O2/c1-14-10(15)7-9(11(14)16)13-12-8-5-3-2-4-6-8/h2-6,12H,7H2,1H3/b13-9+. The maximum absolute atomic E-state index is 11.5. The molecule has 1 aliphatic rings. The van der Waals surface area contributed by atoms with E-state index in [1.807, 2.05) is 30.3 Å². The molecule has 82 valence electrons. The summed E-state index contributed by atoms with van der Waals surface area (Å²) in [6, 6.07) is 9.26. The zero-order valence-electron chi connectivity index (χ0n) is 8.80. The highest BCUT2D eigenvalue weighted by Crippen LogP contribution is 2.09. The minimum absolute atomic E-state index is 0.0646. The van der Waals surface area contributed by atoms with Crippen LogP contribution in [0.25, 0.3) is 0 Å². The van der Waals surface area contributed by atoms with Crippen molar-refractivity contribution in [2.45, 2.75) is 6.42 Å². The van der Waals surface area contributed by atoms with Crippen molar-refractivity contribution in [1.82, 2.24) is 4.90 Å². The summed E-state index contributed by atoms with van der Waals surface area (Å²) in [5.74, 6) is -0.563. The van der Waals surface area contributed by atoms with Crippen molar-refractivity contribution in [2.75, 3.05) is 12.5 Å². The van der Waals surface area contributed by atoms with Crippen molar-refractivity contribution in [3.8, 4) is 0 Å². The summed E-state index contributed by atoms with van der Waals surface area (Å²) in [6.07, 6.45) is 0.0646. The van der Waals surface area contributed by atoms with E-state index in [0.717, 1.165) is 10.6 Å². The Morgan fingerprint density at radius 3 is 2.50 bits per heavy atom. The Morgan fingerprint density at radius 2 is 1.94 bits per heavy atom. The van der Waals surface area contributed by atoms with E-state index >= 15 is 0 Å². The maximum Gasteiger partial charge on any atom is 0.276 e. The van der Waals surface area contributed by atoms with Gasteiger partial charge in [0.25, 0.3) is 5.91 Å². The molecule has 0 aromatic heterocycles. The summed E-state index contributed by atoms with van der Waals surface area (Å²) in [5.41, 5.74) is 3.78. The minimum Gasteiger partial charge on any atom is -0.280 e. The molecule has 0 radical (unpaired) electrons. The molecule has 0 unspecified atom stereocenters. The van der Waals surface area contributed by atoms with Crippen molar-refractivity contribution >= 4 is 23.2 Å². The van der Waals surface area contributed by atoms with Gasteiger partial charge in [0.2, 0.25) is 5.91 Å². The second kappa shape index (κ2) is 4.14. The molecule has 0 bridgehead atoms. The molecule has 1 aliphatic heterocycles. The molecule has 2 rings (SSSR count). The van der Waals surface area contributed by atoms with Crippen molar-refractivity contribution in [2.24, 2.45) is 5.10 Å². The van der Waals surface area contributed by atoms with E-state index in [1.54, 1.807) is 0 Å². The van der Waals surface area contributed by atoms with Gasteiger partial charge in [0, 0.05) is 7.05 Å². The van der Waals surface area contributed by atoms with Crippen LogP contribution in [-0.2, 0) is 9.59 Å². The molecule has 16 heavy (non-hydrogen) atoms. The number of hydrogen-bond acceptors (Lipinski definition) is 4. The largest absolute Gasteiger partial charge is 0.280 e. The Balaban J connectivity index is 2.10. The van der Waals surface area contributed by atoms with Crippen LogP contribution in [0.2, 0.25) is 0 Å². The second-order valence-corrected chi connectivity index (χ2v) is 3.47. The summed E-state index contributed by atoms with van der Waals surface area (Å²) in [7, 11) is 1.45. The first-order valence-electron chi connectivity index (χ1n) is 4.87. The van der Waals surface area contributed by atoms with Crippen LogP contribution < -0.4 is 5.43 Å². The fourth-order valence-corrected chi connectivity index (χ4v) is 1.38. The monoisotopic (exact) mass is 217 g/mol. The fraction of sp³-hybridized carbons (Fsp3) is 0.182. The van der Waals surface area contributed by atoms with Gasteiger partial charge >= 0.3 is 0 Å². The van der Waals surface area contributed by atoms with Gasteiger partial charge < -0.3 is 0 Å². The number of benzene rings is 1. The van der Waals surface area contributed by atoms with Gasteiger partial charge in [-0.3, -0.25) is 19.9 Å². The molecule has 0 aliphatic carbocycles.